The predicted octanol–water partition coefficient (Wildman–Crippen LogP) is 0.136. The zero-order valence-electron chi connectivity index (χ0n) is 16.1. The summed E-state index contributed by atoms with van der Waals surface area (Å²) in [6.07, 6.45) is 0. The molecule has 160 valence electrons. The van der Waals surface area contributed by atoms with E-state index >= 15 is 0 Å². The summed E-state index contributed by atoms with van der Waals surface area (Å²) in [5.41, 5.74) is -1.73. The number of hydrogen-bond acceptors (Lipinski definition) is 5. The first kappa shape index (κ1) is 21.6. The van der Waals surface area contributed by atoms with Crippen molar-refractivity contribution in [3.63, 3.8) is 0 Å². The van der Waals surface area contributed by atoms with E-state index in [4.69, 9.17) is 4.74 Å². The number of rotatable bonds is 5. The van der Waals surface area contributed by atoms with Crippen molar-refractivity contribution in [2.75, 3.05) is 26.2 Å². The van der Waals surface area contributed by atoms with Crippen LogP contribution >= 0.6 is 0 Å². The summed E-state index contributed by atoms with van der Waals surface area (Å²) in [5, 5.41) is 4.35. The Labute approximate surface area is 167 Å². The van der Waals surface area contributed by atoms with Crippen LogP contribution in [0.3, 0.4) is 0 Å². The number of hydrogen-bond donors (Lipinski definition) is 2. The van der Waals surface area contributed by atoms with Gasteiger partial charge in [0.05, 0.1) is 24.3 Å². The van der Waals surface area contributed by atoms with E-state index in [2.05, 4.69) is 10.6 Å². The minimum absolute atomic E-state index is 0.0638. The lowest BCUT2D eigenvalue weighted by Gasteiger charge is -2.36. The van der Waals surface area contributed by atoms with Gasteiger partial charge < -0.3 is 15.4 Å². The summed E-state index contributed by atoms with van der Waals surface area (Å²) < 4.78 is 59.1. The number of ether oxygens (including phenoxy) is 1. The molecule has 29 heavy (non-hydrogen) atoms. The van der Waals surface area contributed by atoms with Gasteiger partial charge in [0.1, 0.15) is 11.6 Å². The fraction of sp³-hybridized carbons (Fsp3) is 0.556. The van der Waals surface area contributed by atoms with Gasteiger partial charge in [-0.2, -0.15) is 4.31 Å². The second-order valence-electron chi connectivity index (χ2n) is 7.39. The number of nitrogens with one attached hydrogen (secondary N) is 2. The van der Waals surface area contributed by atoms with Gasteiger partial charge in [0.15, 0.2) is 5.60 Å². The maximum atomic E-state index is 13.8. The number of sulfonamides is 1. The Morgan fingerprint density at radius 1 is 1.41 bits per heavy atom. The molecule has 1 spiro atoms. The zero-order valence-corrected chi connectivity index (χ0v) is 16.9. The molecule has 2 aliphatic heterocycles. The van der Waals surface area contributed by atoms with Gasteiger partial charge in [0, 0.05) is 25.2 Å². The quantitative estimate of drug-likeness (QED) is 0.690. The summed E-state index contributed by atoms with van der Waals surface area (Å²) in [7, 11) is -3.74. The first-order valence-corrected chi connectivity index (χ1v) is 10.7. The maximum absolute atomic E-state index is 13.8. The molecule has 0 bridgehead atoms. The van der Waals surface area contributed by atoms with E-state index in [0.29, 0.717) is 0 Å². The third-order valence-corrected chi connectivity index (χ3v) is 7.41. The fourth-order valence-electron chi connectivity index (χ4n) is 3.55. The van der Waals surface area contributed by atoms with Gasteiger partial charge in [-0.15, -0.1) is 0 Å². The minimum atomic E-state index is -3.74. The summed E-state index contributed by atoms with van der Waals surface area (Å²) in [5.74, 6) is -3.72. The Bertz CT molecular complexity index is 924. The fourth-order valence-corrected chi connectivity index (χ4v) is 4.87. The molecule has 1 aromatic rings. The Balaban J connectivity index is 1.85. The van der Waals surface area contributed by atoms with E-state index in [0.717, 1.165) is 22.5 Å². The summed E-state index contributed by atoms with van der Waals surface area (Å²) in [4.78, 5) is 25.5. The Hall–Kier alpha value is -2.11. The molecule has 1 aromatic carbocycles. The van der Waals surface area contributed by atoms with Crippen LogP contribution in [0.2, 0.25) is 0 Å². The molecule has 2 aliphatic rings. The van der Waals surface area contributed by atoms with E-state index in [9.17, 15) is 26.8 Å². The van der Waals surface area contributed by atoms with Gasteiger partial charge in [-0.1, -0.05) is 0 Å². The lowest BCUT2D eigenvalue weighted by Crippen LogP contribution is -2.62. The highest BCUT2D eigenvalue weighted by Crippen LogP contribution is 2.36. The molecule has 0 saturated carbocycles. The van der Waals surface area contributed by atoms with Crippen molar-refractivity contribution in [2.45, 2.75) is 31.2 Å². The summed E-state index contributed by atoms with van der Waals surface area (Å²) >= 11 is 0. The van der Waals surface area contributed by atoms with Crippen molar-refractivity contribution in [1.29, 1.82) is 0 Å². The van der Waals surface area contributed by atoms with Gasteiger partial charge in [-0.05, 0) is 32.0 Å². The number of morpholine rings is 1. The number of carbonyl (C=O) groups is 2. The largest absolute Gasteiger partial charge is 0.361 e. The smallest absolute Gasteiger partial charge is 0.254 e. The zero-order chi connectivity index (χ0) is 21.4. The summed E-state index contributed by atoms with van der Waals surface area (Å²) in [6, 6.07) is 2.86. The van der Waals surface area contributed by atoms with E-state index in [-0.39, 0.29) is 38.3 Å². The molecular weight excluding hydrogens is 408 g/mol. The molecule has 0 aromatic heterocycles. The van der Waals surface area contributed by atoms with Crippen molar-refractivity contribution in [3.05, 3.63) is 35.4 Å². The standard InChI is InChI=1S/C18H23F2N3O5S/c1-11(2)29(26,27)23-9-14(18(10-23)17(25)21-5-6-28-18)16(24)22-8-12-7-13(19)3-4-15(12)20/h3-4,7,11,14H,5-6,8-10H2,1-2H3,(H,21,25)(H,22,24)/t14-,18-/m1/s1. The second-order valence-corrected chi connectivity index (χ2v) is 9.88. The molecular formula is C18H23F2N3O5S. The van der Waals surface area contributed by atoms with Crippen LogP contribution in [0.1, 0.15) is 19.4 Å². The summed E-state index contributed by atoms with van der Waals surface area (Å²) in [6.45, 7) is 2.54. The average Bonchev–Trinajstić information content (AvgIpc) is 3.06. The Kier molecular flexibility index (Phi) is 5.93. The third-order valence-electron chi connectivity index (χ3n) is 5.22. The number of carbonyl (C=O) groups excluding carboxylic acids is 2. The van der Waals surface area contributed by atoms with Crippen LogP contribution in [0.15, 0.2) is 18.2 Å². The highest BCUT2D eigenvalue weighted by Gasteiger charge is 2.59. The van der Waals surface area contributed by atoms with Gasteiger partial charge in [0.2, 0.25) is 15.9 Å². The lowest BCUT2D eigenvalue weighted by atomic mass is 9.87. The molecule has 2 heterocycles. The van der Waals surface area contributed by atoms with Crippen molar-refractivity contribution in [3.8, 4) is 0 Å². The average molecular weight is 431 g/mol. The molecule has 2 atom stereocenters. The molecule has 0 unspecified atom stereocenters. The lowest BCUT2D eigenvalue weighted by molar-refractivity contribution is -0.163. The number of halogens is 2. The molecule has 2 amide bonds. The first-order chi connectivity index (χ1) is 13.6. The van der Waals surface area contributed by atoms with E-state index < -0.39 is 50.2 Å². The molecule has 2 fully saturated rings. The third kappa shape index (κ3) is 3.99. The van der Waals surface area contributed by atoms with Crippen LogP contribution in [-0.4, -0.2) is 61.6 Å². The molecule has 11 heteroatoms. The Morgan fingerprint density at radius 3 is 2.79 bits per heavy atom. The molecule has 2 saturated heterocycles. The molecule has 0 aliphatic carbocycles. The van der Waals surface area contributed by atoms with Gasteiger partial charge in [0.25, 0.3) is 5.91 Å². The highest BCUT2D eigenvalue weighted by molar-refractivity contribution is 7.89. The van der Waals surface area contributed by atoms with Crippen LogP contribution < -0.4 is 10.6 Å². The maximum Gasteiger partial charge on any atom is 0.254 e. The van der Waals surface area contributed by atoms with Crippen molar-refractivity contribution in [2.24, 2.45) is 5.92 Å². The van der Waals surface area contributed by atoms with Crippen LogP contribution in [0.5, 0.6) is 0 Å². The highest BCUT2D eigenvalue weighted by atomic mass is 32.2. The van der Waals surface area contributed by atoms with Gasteiger partial charge in [-0.25, -0.2) is 17.2 Å². The first-order valence-electron chi connectivity index (χ1n) is 9.21. The van der Waals surface area contributed by atoms with Crippen molar-refractivity contribution < 1.29 is 31.5 Å². The molecule has 3 rings (SSSR count). The van der Waals surface area contributed by atoms with E-state index in [1.165, 1.54) is 13.8 Å². The SMILES string of the molecule is CC(C)S(=O)(=O)N1C[C@H](C(=O)NCc2cc(F)ccc2F)[C@@]2(C1)OCCNC2=O. The monoisotopic (exact) mass is 431 g/mol. The van der Waals surface area contributed by atoms with Crippen molar-refractivity contribution >= 4 is 21.8 Å². The van der Waals surface area contributed by atoms with Crippen LogP contribution in [0, 0.1) is 17.6 Å². The van der Waals surface area contributed by atoms with Crippen molar-refractivity contribution in [1.82, 2.24) is 14.9 Å². The molecule has 2 N–H and O–H groups in total. The Morgan fingerprint density at radius 2 is 2.14 bits per heavy atom. The van der Waals surface area contributed by atoms with E-state index in [1.807, 2.05) is 0 Å². The minimum Gasteiger partial charge on any atom is -0.361 e. The van der Waals surface area contributed by atoms with Crippen LogP contribution in [0.25, 0.3) is 0 Å². The normalized spacial score (nSPS) is 25.4. The van der Waals surface area contributed by atoms with Gasteiger partial charge >= 0.3 is 0 Å². The topological polar surface area (TPSA) is 105 Å². The second kappa shape index (κ2) is 7.96. The number of benzene rings is 1. The molecule has 8 nitrogen and oxygen atoms in total. The van der Waals surface area contributed by atoms with Crippen LogP contribution in [0.4, 0.5) is 8.78 Å². The van der Waals surface area contributed by atoms with Crippen LogP contribution in [-0.2, 0) is 30.9 Å². The predicted molar refractivity (Wildman–Crippen MR) is 99.0 cm³/mol. The van der Waals surface area contributed by atoms with Gasteiger partial charge in [-0.3, -0.25) is 9.59 Å². The number of nitrogens with zero attached hydrogens (tertiary/aromatic N) is 1. The van der Waals surface area contributed by atoms with E-state index in [1.54, 1.807) is 0 Å². The number of amides is 2. The molecule has 0 radical (unpaired) electrons.